The maximum Gasteiger partial charge on any atom is 0.121 e. The van der Waals surface area contributed by atoms with Gasteiger partial charge in [-0.2, -0.15) is 0 Å². The molecule has 1 fully saturated rings. The zero-order chi connectivity index (χ0) is 15.5. The summed E-state index contributed by atoms with van der Waals surface area (Å²) >= 11 is 6.40. The third-order valence-corrected chi connectivity index (χ3v) is 4.86. The predicted molar refractivity (Wildman–Crippen MR) is 90.2 cm³/mol. The van der Waals surface area contributed by atoms with Crippen LogP contribution in [0.4, 0.5) is 0 Å². The van der Waals surface area contributed by atoms with Gasteiger partial charge in [0.1, 0.15) is 5.75 Å². The molecule has 118 valence electrons. The molecule has 0 spiro atoms. The topological polar surface area (TPSA) is 21.3 Å². The van der Waals surface area contributed by atoms with Gasteiger partial charge in [-0.1, -0.05) is 38.4 Å². The van der Waals surface area contributed by atoms with Crippen molar-refractivity contribution in [2.45, 2.75) is 65.5 Å². The van der Waals surface area contributed by atoms with E-state index in [0.717, 1.165) is 35.7 Å². The summed E-state index contributed by atoms with van der Waals surface area (Å²) in [6, 6.07) is 6.36. The first-order chi connectivity index (χ1) is 9.91. The standard InChI is InChI=1S/C18H28ClNO/c1-5-20-13(2)16-7-6-15(12-17(16)19)21-14-8-10-18(3,4)11-9-14/h6-7,12-14,20H,5,8-11H2,1-4H3. The molecule has 0 saturated heterocycles. The maximum atomic E-state index is 6.40. The summed E-state index contributed by atoms with van der Waals surface area (Å²) in [5.41, 5.74) is 1.61. The van der Waals surface area contributed by atoms with E-state index in [-0.39, 0.29) is 6.04 Å². The first kappa shape index (κ1) is 16.6. The van der Waals surface area contributed by atoms with Gasteiger partial charge in [0.2, 0.25) is 0 Å². The fraction of sp³-hybridized carbons (Fsp3) is 0.667. The molecule has 21 heavy (non-hydrogen) atoms. The minimum Gasteiger partial charge on any atom is -0.490 e. The summed E-state index contributed by atoms with van der Waals surface area (Å²) in [7, 11) is 0. The lowest BCUT2D eigenvalue weighted by atomic mass is 9.76. The molecule has 2 nitrogen and oxygen atoms in total. The third kappa shape index (κ3) is 4.62. The Balaban J connectivity index is 1.97. The van der Waals surface area contributed by atoms with Crippen molar-refractivity contribution in [2.75, 3.05) is 6.54 Å². The highest BCUT2D eigenvalue weighted by Gasteiger charge is 2.27. The van der Waals surface area contributed by atoms with Crippen LogP contribution in [-0.2, 0) is 0 Å². The Morgan fingerprint density at radius 2 is 2.00 bits per heavy atom. The Kier molecular flexibility index (Phi) is 5.56. The van der Waals surface area contributed by atoms with Crippen molar-refractivity contribution < 1.29 is 4.74 Å². The lowest BCUT2D eigenvalue weighted by Crippen LogP contribution is -2.28. The van der Waals surface area contributed by atoms with Crippen LogP contribution >= 0.6 is 11.6 Å². The molecule has 1 aromatic rings. The van der Waals surface area contributed by atoms with E-state index in [2.05, 4.69) is 45.1 Å². The second kappa shape index (κ2) is 7.02. The summed E-state index contributed by atoms with van der Waals surface area (Å²) in [5, 5.41) is 4.18. The fourth-order valence-electron chi connectivity index (χ4n) is 3.03. The van der Waals surface area contributed by atoms with Crippen LogP contribution in [0.25, 0.3) is 0 Å². The van der Waals surface area contributed by atoms with Gasteiger partial charge in [-0.15, -0.1) is 0 Å². The van der Waals surface area contributed by atoms with Crippen molar-refractivity contribution in [2.24, 2.45) is 5.41 Å². The highest BCUT2D eigenvalue weighted by Crippen LogP contribution is 2.37. The number of benzene rings is 1. The van der Waals surface area contributed by atoms with E-state index >= 15 is 0 Å². The van der Waals surface area contributed by atoms with E-state index in [1.165, 1.54) is 12.8 Å². The number of hydrogen-bond donors (Lipinski definition) is 1. The second-order valence-electron chi connectivity index (χ2n) is 6.94. The van der Waals surface area contributed by atoms with Crippen LogP contribution in [-0.4, -0.2) is 12.6 Å². The summed E-state index contributed by atoms with van der Waals surface area (Å²) in [4.78, 5) is 0. The van der Waals surface area contributed by atoms with Crippen LogP contribution in [0.2, 0.25) is 5.02 Å². The monoisotopic (exact) mass is 309 g/mol. The lowest BCUT2D eigenvalue weighted by molar-refractivity contribution is 0.0987. The quantitative estimate of drug-likeness (QED) is 0.790. The summed E-state index contributed by atoms with van der Waals surface area (Å²) in [5.74, 6) is 0.900. The van der Waals surface area contributed by atoms with E-state index in [0.29, 0.717) is 11.5 Å². The molecule has 2 rings (SSSR count). The maximum absolute atomic E-state index is 6.40. The third-order valence-electron chi connectivity index (χ3n) is 4.54. The van der Waals surface area contributed by atoms with E-state index in [1.807, 2.05) is 6.07 Å². The van der Waals surface area contributed by atoms with Crippen LogP contribution in [0.15, 0.2) is 18.2 Å². The van der Waals surface area contributed by atoms with Crippen LogP contribution < -0.4 is 10.1 Å². The second-order valence-corrected chi connectivity index (χ2v) is 7.35. The zero-order valence-electron chi connectivity index (χ0n) is 13.7. The molecule has 0 heterocycles. The normalized spacial score (nSPS) is 20.2. The fourth-order valence-corrected chi connectivity index (χ4v) is 3.37. The van der Waals surface area contributed by atoms with Gasteiger partial charge in [0.05, 0.1) is 6.10 Å². The van der Waals surface area contributed by atoms with E-state index in [4.69, 9.17) is 16.3 Å². The van der Waals surface area contributed by atoms with Crippen molar-refractivity contribution in [3.8, 4) is 5.75 Å². The van der Waals surface area contributed by atoms with E-state index in [9.17, 15) is 0 Å². The van der Waals surface area contributed by atoms with Gasteiger partial charge in [-0.05, 0) is 62.3 Å². The lowest BCUT2D eigenvalue weighted by Gasteiger charge is -2.34. The molecule has 0 bridgehead atoms. The zero-order valence-corrected chi connectivity index (χ0v) is 14.5. The molecule has 1 N–H and O–H groups in total. The molecule has 0 aromatic heterocycles. The van der Waals surface area contributed by atoms with Crippen molar-refractivity contribution >= 4 is 11.6 Å². The molecule has 0 amide bonds. The van der Waals surface area contributed by atoms with Crippen molar-refractivity contribution in [1.82, 2.24) is 5.32 Å². The molecule has 1 unspecified atom stereocenters. The van der Waals surface area contributed by atoms with Crippen LogP contribution in [0.5, 0.6) is 5.75 Å². The minimum atomic E-state index is 0.270. The van der Waals surface area contributed by atoms with Crippen LogP contribution in [0.3, 0.4) is 0 Å². The molecule has 1 saturated carbocycles. The van der Waals surface area contributed by atoms with Gasteiger partial charge in [0.25, 0.3) is 0 Å². The molecule has 1 aromatic carbocycles. The molecule has 1 aliphatic rings. The largest absolute Gasteiger partial charge is 0.490 e. The molecule has 0 radical (unpaired) electrons. The summed E-state index contributed by atoms with van der Waals surface area (Å²) < 4.78 is 6.12. The molecule has 0 aliphatic heterocycles. The van der Waals surface area contributed by atoms with Gasteiger partial charge in [-0.3, -0.25) is 0 Å². The first-order valence-corrected chi connectivity index (χ1v) is 8.48. The number of rotatable bonds is 5. The Labute approximate surface area is 134 Å². The van der Waals surface area contributed by atoms with Crippen molar-refractivity contribution in [3.05, 3.63) is 28.8 Å². The van der Waals surface area contributed by atoms with Crippen molar-refractivity contribution in [3.63, 3.8) is 0 Å². The van der Waals surface area contributed by atoms with Gasteiger partial charge in [0.15, 0.2) is 0 Å². The average Bonchev–Trinajstić information content (AvgIpc) is 2.41. The Bertz CT molecular complexity index is 462. The smallest absolute Gasteiger partial charge is 0.121 e. The molecular weight excluding hydrogens is 282 g/mol. The Morgan fingerprint density at radius 3 is 2.57 bits per heavy atom. The number of nitrogens with one attached hydrogen (secondary N) is 1. The SMILES string of the molecule is CCNC(C)c1ccc(OC2CCC(C)(C)CC2)cc1Cl. The van der Waals surface area contributed by atoms with E-state index < -0.39 is 0 Å². The highest BCUT2D eigenvalue weighted by atomic mass is 35.5. The molecule has 1 aliphatic carbocycles. The van der Waals surface area contributed by atoms with Gasteiger partial charge < -0.3 is 10.1 Å². The van der Waals surface area contributed by atoms with Gasteiger partial charge in [0, 0.05) is 11.1 Å². The number of hydrogen-bond acceptors (Lipinski definition) is 2. The highest BCUT2D eigenvalue weighted by molar-refractivity contribution is 6.31. The number of halogens is 1. The van der Waals surface area contributed by atoms with Crippen molar-refractivity contribution in [1.29, 1.82) is 0 Å². The van der Waals surface area contributed by atoms with Crippen LogP contribution in [0, 0.1) is 5.41 Å². The average molecular weight is 310 g/mol. The minimum absolute atomic E-state index is 0.270. The van der Waals surface area contributed by atoms with Gasteiger partial charge >= 0.3 is 0 Å². The molecule has 1 atom stereocenters. The summed E-state index contributed by atoms with van der Waals surface area (Å²) in [6.45, 7) is 9.86. The Hall–Kier alpha value is -0.730. The van der Waals surface area contributed by atoms with Crippen LogP contribution in [0.1, 0.15) is 65.0 Å². The first-order valence-electron chi connectivity index (χ1n) is 8.11. The molecular formula is C18H28ClNO. The summed E-state index contributed by atoms with van der Waals surface area (Å²) in [6.07, 6.45) is 5.09. The number of ether oxygens (including phenoxy) is 1. The van der Waals surface area contributed by atoms with Gasteiger partial charge in [-0.25, -0.2) is 0 Å². The Morgan fingerprint density at radius 1 is 1.33 bits per heavy atom. The molecule has 3 heteroatoms. The predicted octanol–water partition coefficient (Wildman–Crippen LogP) is 5.36. The van der Waals surface area contributed by atoms with E-state index in [1.54, 1.807) is 0 Å².